The van der Waals surface area contributed by atoms with Crippen molar-refractivity contribution in [2.75, 3.05) is 0 Å². The molecular weight excluding hydrogens is 182 g/mol. The lowest BCUT2D eigenvalue weighted by molar-refractivity contribution is -0.131. The smallest absolute Gasteiger partial charge is 0.328 e. The molecule has 0 saturated heterocycles. The highest BCUT2D eigenvalue weighted by molar-refractivity contribution is 5.84. The highest BCUT2D eigenvalue weighted by Gasteiger charge is 2.10. The van der Waals surface area contributed by atoms with Gasteiger partial charge in [-0.05, 0) is 18.2 Å². The number of hydrogen-bond donors (Lipinski definition) is 1. The summed E-state index contributed by atoms with van der Waals surface area (Å²) in [7, 11) is 0. The summed E-state index contributed by atoms with van der Waals surface area (Å²) in [5.41, 5.74) is 0. The van der Waals surface area contributed by atoms with Crippen LogP contribution in [0.3, 0.4) is 0 Å². The van der Waals surface area contributed by atoms with Crippen LogP contribution in [0, 0.1) is 0 Å². The van der Waals surface area contributed by atoms with Crippen molar-refractivity contribution < 1.29 is 23.1 Å². The minimum atomic E-state index is -2.67. The van der Waals surface area contributed by atoms with Gasteiger partial charge in [-0.25, -0.2) is 13.6 Å². The summed E-state index contributed by atoms with van der Waals surface area (Å²) < 4.78 is 28.5. The van der Waals surface area contributed by atoms with E-state index in [1.54, 1.807) is 0 Å². The predicted octanol–water partition coefficient (Wildman–Crippen LogP) is 2.32. The van der Waals surface area contributed by atoms with Gasteiger partial charge in [0.05, 0.1) is 0 Å². The van der Waals surface area contributed by atoms with Gasteiger partial charge in [0.25, 0.3) is 6.43 Å². The van der Waals surface area contributed by atoms with Crippen LogP contribution in [-0.2, 0) is 4.79 Å². The van der Waals surface area contributed by atoms with Crippen molar-refractivity contribution in [2.24, 2.45) is 0 Å². The highest BCUT2D eigenvalue weighted by Crippen LogP contribution is 2.21. The zero-order chi connectivity index (χ0) is 9.84. The van der Waals surface area contributed by atoms with Crippen molar-refractivity contribution in [3.63, 3.8) is 0 Å². The fourth-order valence-corrected chi connectivity index (χ4v) is 0.729. The van der Waals surface area contributed by atoms with E-state index in [0.717, 1.165) is 18.2 Å². The van der Waals surface area contributed by atoms with Gasteiger partial charge >= 0.3 is 5.97 Å². The average molecular weight is 188 g/mol. The first-order valence-electron chi connectivity index (χ1n) is 3.38. The van der Waals surface area contributed by atoms with E-state index >= 15 is 0 Å². The summed E-state index contributed by atoms with van der Waals surface area (Å²) in [4.78, 5) is 10.0. The Morgan fingerprint density at radius 2 is 2.23 bits per heavy atom. The molecular formula is C8H6F2O3. The van der Waals surface area contributed by atoms with E-state index in [1.165, 1.54) is 6.07 Å². The highest BCUT2D eigenvalue weighted by atomic mass is 19.3. The lowest BCUT2D eigenvalue weighted by atomic mass is 10.4. The molecule has 0 radical (unpaired) electrons. The van der Waals surface area contributed by atoms with Crippen LogP contribution in [0.5, 0.6) is 0 Å². The van der Waals surface area contributed by atoms with Gasteiger partial charge < -0.3 is 9.52 Å². The summed E-state index contributed by atoms with van der Waals surface area (Å²) in [6.45, 7) is 0. The number of halogens is 2. The number of carboxylic acids is 1. The summed E-state index contributed by atoms with van der Waals surface area (Å²) >= 11 is 0. The average Bonchev–Trinajstić information content (AvgIpc) is 2.48. The van der Waals surface area contributed by atoms with E-state index in [0.29, 0.717) is 0 Å². The Morgan fingerprint density at radius 1 is 1.54 bits per heavy atom. The van der Waals surface area contributed by atoms with Crippen molar-refractivity contribution in [3.05, 3.63) is 29.7 Å². The molecule has 1 aromatic heterocycles. The van der Waals surface area contributed by atoms with Gasteiger partial charge in [0, 0.05) is 6.08 Å². The minimum Gasteiger partial charge on any atom is -0.478 e. The van der Waals surface area contributed by atoms with Crippen molar-refractivity contribution in [1.82, 2.24) is 0 Å². The maximum Gasteiger partial charge on any atom is 0.328 e. The number of aliphatic carboxylic acids is 1. The first-order valence-corrected chi connectivity index (χ1v) is 3.38. The second kappa shape index (κ2) is 3.84. The molecule has 0 saturated carbocycles. The molecule has 5 heteroatoms. The van der Waals surface area contributed by atoms with Crippen LogP contribution >= 0.6 is 0 Å². The van der Waals surface area contributed by atoms with E-state index < -0.39 is 18.2 Å². The van der Waals surface area contributed by atoms with E-state index in [2.05, 4.69) is 4.42 Å². The lowest BCUT2D eigenvalue weighted by Gasteiger charge is -1.89. The molecule has 0 aromatic carbocycles. The van der Waals surface area contributed by atoms with Crippen LogP contribution in [0.25, 0.3) is 6.08 Å². The molecule has 0 spiro atoms. The van der Waals surface area contributed by atoms with Crippen molar-refractivity contribution >= 4 is 12.0 Å². The van der Waals surface area contributed by atoms with Crippen LogP contribution < -0.4 is 0 Å². The zero-order valence-corrected chi connectivity index (χ0v) is 6.41. The quantitative estimate of drug-likeness (QED) is 0.740. The minimum absolute atomic E-state index is 0.0951. The van der Waals surface area contributed by atoms with Crippen LogP contribution in [0.15, 0.2) is 22.6 Å². The molecule has 0 amide bonds. The van der Waals surface area contributed by atoms with Crippen molar-refractivity contribution in [1.29, 1.82) is 0 Å². The lowest BCUT2D eigenvalue weighted by Crippen LogP contribution is -1.84. The molecule has 0 aliphatic rings. The first kappa shape index (κ1) is 9.44. The molecule has 0 atom stereocenters. The van der Waals surface area contributed by atoms with Crippen LogP contribution in [0.4, 0.5) is 8.78 Å². The van der Waals surface area contributed by atoms with Gasteiger partial charge in [0.2, 0.25) is 0 Å². The largest absolute Gasteiger partial charge is 0.478 e. The molecule has 70 valence electrons. The maximum absolute atomic E-state index is 11.9. The summed E-state index contributed by atoms with van der Waals surface area (Å²) in [5, 5.41) is 8.21. The van der Waals surface area contributed by atoms with Crippen LogP contribution in [0.2, 0.25) is 0 Å². The normalized spacial score (nSPS) is 11.3. The topological polar surface area (TPSA) is 50.4 Å². The molecule has 0 aliphatic carbocycles. The Balaban J connectivity index is 2.75. The van der Waals surface area contributed by atoms with Gasteiger partial charge in [-0.2, -0.15) is 0 Å². The monoisotopic (exact) mass is 188 g/mol. The van der Waals surface area contributed by atoms with Crippen molar-refractivity contribution in [2.45, 2.75) is 6.43 Å². The molecule has 0 bridgehead atoms. The molecule has 13 heavy (non-hydrogen) atoms. The van der Waals surface area contributed by atoms with Gasteiger partial charge in [-0.15, -0.1) is 0 Å². The Labute approximate surface area is 72.3 Å². The predicted molar refractivity (Wildman–Crippen MR) is 40.3 cm³/mol. The second-order valence-electron chi connectivity index (χ2n) is 2.21. The summed E-state index contributed by atoms with van der Waals surface area (Å²) in [6.07, 6.45) is -0.755. The van der Waals surface area contributed by atoms with Gasteiger partial charge in [-0.3, -0.25) is 0 Å². The molecule has 3 nitrogen and oxygen atoms in total. The number of furan rings is 1. The Hall–Kier alpha value is -1.65. The molecule has 1 N–H and O–H groups in total. The zero-order valence-electron chi connectivity index (χ0n) is 6.41. The standard InChI is InChI=1S/C8H6F2O3/c9-8(10)6-3-1-5(13-6)2-4-7(11)12/h1-4,8H,(H,11,12)/b4-2+. The third-order valence-corrected chi connectivity index (χ3v) is 1.25. The van der Waals surface area contributed by atoms with E-state index in [1.807, 2.05) is 0 Å². The molecule has 0 fully saturated rings. The first-order chi connectivity index (χ1) is 6.09. The van der Waals surface area contributed by atoms with E-state index in [4.69, 9.17) is 5.11 Å². The fraction of sp³-hybridized carbons (Fsp3) is 0.125. The fourth-order valence-electron chi connectivity index (χ4n) is 0.729. The van der Waals surface area contributed by atoms with Gasteiger partial charge in [0.1, 0.15) is 5.76 Å². The van der Waals surface area contributed by atoms with E-state index in [9.17, 15) is 13.6 Å². The Kier molecular flexibility index (Phi) is 2.79. The molecule has 1 rings (SSSR count). The van der Waals surface area contributed by atoms with Crippen molar-refractivity contribution in [3.8, 4) is 0 Å². The van der Waals surface area contributed by atoms with E-state index in [-0.39, 0.29) is 5.76 Å². The second-order valence-corrected chi connectivity index (χ2v) is 2.21. The number of rotatable bonds is 3. The van der Waals surface area contributed by atoms with Crippen LogP contribution in [0.1, 0.15) is 17.9 Å². The third-order valence-electron chi connectivity index (χ3n) is 1.25. The Morgan fingerprint density at radius 3 is 2.69 bits per heavy atom. The Bertz CT molecular complexity index is 328. The van der Waals surface area contributed by atoms with Gasteiger partial charge in [0.15, 0.2) is 5.76 Å². The number of carboxylic acid groups (broad SMARTS) is 1. The summed E-state index contributed by atoms with van der Waals surface area (Å²) in [6, 6.07) is 2.38. The molecule has 0 unspecified atom stereocenters. The van der Waals surface area contributed by atoms with Gasteiger partial charge in [-0.1, -0.05) is 0 Å². The third kappa shape index (κ3) is 2.70. The number of alkyl halides is 2. The molecule has 0 aliphatic heterocycles. The molecule has 1 aromatic rings. The molecule has 1 heterocycles. The van der Waals surface area contributed by atoms with Crippen LogP contribution in [-0.4, -0.2) is 11.1 Å². The summed E-state index contributed by atoms with van der Waals surface area (Å²) in [5.74, 6) is -1.53. The number of hydrogen-bond acceptors (Lipinski definition) is 2. The SMILES string of the molecule is O=C(O)/C=C/c1ccc(C(F)F)o1. The number of carbonyl (C=O) groups is 1. The maximum atomic E-state index is 11.9.